The number of aldehydes is 1. The van der Waals surface area contributed by atoms with Crippen LogP contribution in [0.5, 0.6) is 5.75 Å². The summed E-state index contributed by atoms with van der Waals surface area (Å²) in [6, 6.07) is 11.1. The van der Waals surface area contributed by atoms with Gasteiger partial charge in [0.25, 0.3) is 5.91 Å². The number of rotatable bonds is 13. The molecule has 0 bridgehead atoms. The number of likely N-dealkylation sites (N-methyl/N-ethyl adjacent to an activating group) is 1. The Morgan fingerprint density at radius 3 is 2.59 bits per heavy atom. The minimum Gasteiger partial charge on any atom is -0.406 e. The van der Waals surface area contributed by atoms with E-state index < -0.39 is 23.6 Å². The van der Waals surface area contributed by atoms with Crippen molar-refractivity contribution in [2.45, 2.75) is 75.7 Å². The lowest BCUT2D eigenvalue weighted by atomic mass is 9.74. The van der Waals surface area contributed by atoms with Gasteiger partial charge in [0.05, 0.1) is 11.5 Å². The molecule has 2 aromatic rings. The fourth-order valence-corrected chi connectivity index (χ4v) is 6.59. The largest absolute Gasteiger partial charge is 0.573 e. The van der Waals surface area contributed by atoms with Gasteiger partial charge in [0.15, 0.2) is 0 Å². The van der Waals surface area contributed by atoms with Crippen molar-refractivity contribution in [2.24, 2.45) is 0 Å². The third-order valence-electron chi connectivity index (χ3n) is 8.61. The number of alkyl halides is 3. The van der Waals surface area contributed by atoms with Crippen molar-refractivity contribution in [2.75, 3.05) is 26.7 Å². The number of amides is 2. The van der Waals surface area contributed by atoms with Crippen molar-refractivity contribution in [3.8, 4) is 11.8 Å². The van der Waals surface area contributed by atoms with Crippen LogP contribution in [0.25, 0.3) is 0 Å². The Labute approximate surface area is 260 Å². The molecule has 0 saturated carbocycles. The number of fused-ring (bicyclic) bond motifs is 1. The fraction of sp³-hybridized carbons (Fsp3) is 0.500. The van der Waals surface area contributed by atoms with Gasteiger partial charge < -0.3 is 24.6 Å². The number of nitrogens with zero attached hydrogens (tertiary/aromatic N) is 3. The second-order valence-electron chi connectivity index (χ2n) is 11.3. The second-order valence-corrected chi connectivity index (χ2v) is 11.7. The van der Waals surface area contributed by atoms with Crippen molar-refractivity contribution in [1.82, 2.24) is 15.1 Å². The molecule has 0 spiro atoms. The minimum atomic E-state index is -4.82. The van der Waals surface area contributed by atoms with E-state index in [4.69, 9.17) is 11.6 Å². The molecular formula is C32H36ClF3N4O4. The van der Waals surface area contributed by atoms with Gasteiger partial charge in [-0.05, 0) is 93.0 Å². The van der Waals surface area contributed by atoms with Gasteiger partial charge in [-0.1, -0.05) is 36.2 Å². The summed E-state index contributed by atoms with van der Waals surface area (Å²) in [5, 5.41) is 12.7. The van der Waals surface area contributed by atoms with Crippen LogP contribution in [0, 0.1) is 11.3 Å². The number of hydrogen-bond acceptors (Lipinski definition) is 6. The molecule has 1 N–H and O–H groups in total. The van der Waals surface area contributed by atoms with E-state index in [-0.39, 0.29) is 29.7 Å². The number of piperidine rings is 1. The molecule has 1 unspecified atom stereocenters. The first-order valence-electron chi connectivity index (χ1n) is 14.8. The van der Waals surface area contributed by atoms with E-state index in [2.05, 4.69) is 21.0 Å². The summed E-state index contributed by atoms with van der Waals surface area (Å²) < 4.78 is 41.7. The number of hydrogen-bond donors (Lipinski definition) is 1. The molecule has 2 amide bonds. The molecule has 44 heavy (non-hydrogen) atoms. The van der Waals surface area contributed by atoms with Crippen molar-refractivity contribution in [3.05, 3.63) is 63.7 Å². The molecule has 2 aliphatic rings. The third-order valence-corrected chi connectivity index (χ3v) is 8.92. The topological polar surface area (TPSA) is 103 Å². The quantitative estimate of drug-likeness (QED) is 0.229. The highest BCUT2D eigenvalue weighted by Gasteiger charge is 2.39. The van der Waals surface area contributed by atoms with Crippen LogP contribution in [-0.2, 0) is 28.0 Å². The molecule has 1 atom stereocenters. The number of ether oxygens (including phenoxy) is 1. The monoisotopic (exact) mass is 632 g/mol. The number of nitriles is 1. The van der Waals surface area contributed by atoms with Crippen molar-refractivity contribution in [3.63, 3.8) is 0 Å². The molecule has 8 nitrogen and oxygen atoms in total. The van der Waals surface area contributed by atoms with E-state index in [0.29, 0.717) is 43.6 Å². The number of carbonyl (C=O) groups excluding carboxylic acids is 3. The van der Waals surface area contributed by atoms with Crippen LogP contribution >= 0.6 is 11.6 Å². The van der Waals surface area contributed by atoms with Crippen LogP contribution in [0.3, 0.4) is 0 Å². The van der Waals surface area contributed by atoms with Crippen LogP contribution in [0.1, 0.15) is 72.0 Å². The summed E-state index contributed by atoms with van der Waals surface area (Å²) in [6.45, 7) is 2.55. The summed E-state index contributed by atoms with van der Waals surface area (Å²) in [4.78, 5) is 40.4. The van der Waals surface area contributed by atoms with Gasteiger partial charge in [-0.25, -0.2) is 0 Å². The maximum absolute atomic E-state index is 13.1. The number of nitrogens with one attached hydrogen (secondary N) is 1. The van der Waals surface area contributed by atoms with E-state index in [0.717, 1.165) is 55.7 Å². The van der Waals surface area contributed by atoms with E-state index >= 15 is 0 Å². The lowest BCUT2D eigenvalue weighted by molar-refractivity contribution is -0.274. The standard InChI is InChI=1S/C32H36ClF3N4O4/c1-38-29(42)28(10-6-18-41)40-20-25-22(8-5-9-24(25)30(40)43)7-3-2-4-15-39-16-13-31(21-37,14-17-39)26-12-11-23(19-27(26)33)44-32(34,35)36/h5,8-9,11-12,18-19,28H,2-4,6-7,10,13-17,20H2,1H3,(H,38,42). The number of benzene rings is 2. The van der Waals surface area contributed by atoms with Crippen molar-refractivity contribution in [1.29, 1.82) is 5.26 Å². The van der Waals surface area contributed by atoms with Gasteiger partial charge in [-0.2, -0.15) is 5.26 Å². The highest BCUT2D eigenvalue weighted by atomic mass is 35.5. The van der Waals surface area contributed by atoms with Crippen LogP contribution in [-0.4, -0.2) is 67.0 Å². The van der Waals surface area contributed by atoms with Crippen LogP contribution in [0.15, 0.2) is 36.4 Å². The Morgan fingerprint density at radius 1 is 1.20 bits per heavy atom. The predicted octanol–water partition coefficient (Wildman–Crippen LogP) is 5.56. The Kier molecular flexibility index (Phi) is 10.9. The van der Waals surface area contributed by atoms with Gasteiger partial charge in [0, 0.05) is 30.6 Å². The number of halogens is 4. The molecule has 1 saturated heterocycles. The second kappa shape index (κ2) is 14.4. The van der Waals surface area contributed by atoms with Crippen LogP contribution in [0.4, 0.5) is 13.2 Å². The lowest BCUT2D eigenvalue weighted by Gasteiger charge is -2.38. The SMILES string of the molecule is CNC(=O)C(CCC=O)N1Cc2c(CCCCCN3CCC(C#N)(c4ccc(OC(F)(F)F)cc4Cl)CC3)cccc2C1=O. The molecular weight excluding hydrogens is 597 g/mol. The Balaban J connectivity index is 1.27. The van der Waals surface area contributed by atoms with Gasteiger partial charge in [-0.15, -0.1) is 13.2 Å². The molecule has 2 heterocycles. The first-order chi connectivity index (χ1) is 21.0. The van der Waals surface area contributed by atoms with Gasteiger partial charge in [-0.3, -0.25) is 9.59 Å². The van der Waals surface area contributed by atoms with E-state index in [1.54, 1.807) is 11.0 Å². The number of carbonyl (C=O) groups is 3. The smallest absolute Gasteiger partial charge is 0.406 e. The molecule has 2 aromatic carbocycles. The van der Waals surface area contributed by atoms with Crippen LogP contribution in [0.2, 0.25) is 5.02 Å². The third kappa shape index (κ3) is 7.71. The minimum absolute atomic E-state index is 0.0871. The fourth-order valence-electron chi connectivity index (χ4n) is 6.23. The molecule has 0 aromatic heterocycles. The molecule has 236 valence electrons. The van der Waals surface area contributed by atoms with E-state index in [1.807, 2.05) is 12.1 Å². The number of unbranched alkanes of at least 4 members (excludes halogenated alkanes) is 2. The van der Waals surface area contributed by atoms with Crippen molar-refractivity contribution < 1.29 is 32.3 Å². The highest BCUT2D eigenvalue weighted by molar-refractivity contribution is 6.31. The number of aryl methyl sites for hydroxylation is 1. The number of likely N-dealkylation sites (tertiary alicyclic amines) is 1. The molecule has 1 fully saturated rings. The molecule has 0 aliphatic carbocycles. The maximum atomic E-state index is 13.1. The normalized spacial score (nSPS) is 17.1. The zero-order chi connectivity index (χ0) is 31.9. The summed E-state index contributed by atoms with van der Waals surface area (Å²) in [5.74, 6) is -0.883. The zero-order valence-corrected chi connectivity index (χ0v) is 25.3. The average molecular weight is 633 g/mol. The summed E-state index contributed by atoms with van der Waals surface area (Å²) in [6.07, 6.45) is 1.10. The molecule has 4 rings (SSSR count). The molecule has 0 radical (unpaired) electrons. The summed E-state index contributed by atoms with van der Waals surface area (Å²) in [7, 11) is 1.52. The Bertz CT molecular complexity index is 1400. The van der Waals surface area contributed by atoms with Crippen LogP contribution < -0.4 is 10.1 Å². The van der Waals surface area contributed by atoms with Gasteiger partial charge in [0.2, 0.25) is 5.91 Å². The first-order valence-corrected chi connectivity index (χ1v) is 15.2. The molecule has 12 heteroatoms. The van der Waals surface area contributed by atoms with Crippen molar-refractivity contribution >= 4 is 29.7 Å². The summed E-state index contributed by atoms with van der Waals surface area (Å²) in [5.41, 5.74) is 2.30. The Hall–Kier alpha value is -3.62. The predicted molar refractivity (Wildman–Crippen MR) is 158 cm³/mol. The zero-order valence-electron chi connectivity index (χ0n) is 24.6. The van der Waals surface area contributed by atoms with Gasteiger partial charge in [0.1, 0.15) is 18.1 Å². The summed E-state index contributed by atoms with van der Waals surface area (Å²) >= 11 is 6.31. The van der Waals surface area contributed by atoms with E-state index in [9.17, 15) is 32.8 Å². The highest BCUT2D eigenvalue weighted by Crippen LogP contribution is 2.40. The van der Waals surface area contributed by atoms with E-state index in [1.165, 1.54) is 19.2 Å². The Morgan fingerprint density at radius 2 is 1.95 bits per heavy atom. The molecule has 2 aliphatic heterocycles. The lowest BCUT2D eigenvalue weighted by Crippen LogP contribution is -2.46. The van der Waals surface area contributed by atoms with Gasteiger partial charge >= 0.3 is 6.36 Å². The first kappa shape index (κ1) is 33.3. The maximum Gasteiger partial charge on any atom is 0.573 e. The average Bonchev–Trinajstić information content (AvgIpc) is 3.33.